The summed E-state index contributed by atoms with van der Waals surface area (Å²) in [6.45, 7) is 0.799. The van der Waals surface area contributed by atoms with Gasteiger partial charge in [0.2, 0.25) is 0 Å². The van der Waals surface area contributed by atoms with Crippen molar-refractivity contribution < 1.29 is 9.84 Å². The molecule has 1 aromatic carbocycles. The molecule has 0 saturated heterocycles. The maximum absolute atomic E-state index is 9.73. The normalized spacial score (nSPS) is 29.2. The molecular weight excluding hydrogens is 176 g/mol. The third-order valence-corrected chi connectivity index (χ3v) is 3.30. The number of hydrogen-bond acceptors (Lipinski definition) is 2. The fraction of sp³-hybridized carbons (Fsp3) is 0.500. The van der Waals surface area contributed by atoms with E-state index in [0.29, 0.717) is 5.92 Å². The molecule has 0 saturated carbocycles. The van der Waals surface area contributed by atoms with Gasteiger partial charge >= 0.3 is 0 Å². The van der Waals surface area contributed by atoms with Crippen molar-refractivity contribution in [3.63, 3.8) is 0 Å². The van der Waals surface area contributed by atoms with E-state index >= 15 is 0 Å². The minimum Gasteiger partial charge on any atom is -0.493 e. The van der Waals surface area contributed by atoms with E-state index in [1.807, 2.05) is 12.1 Å². The van der Waals surface area contributed by atoms with Crippen molar-refractivity contribution in [2.24, 2.45) is 0 Å². The largest absolute Gasteiger partial charge is 0.493 e. The van der Waals surface area contributed by atoms with Crippen LogP contribution in [0.25, 0.3) is 0 Å². The first-order valence-corrected chi connectivity index (χ1v) is 5.27. The maximum atomic E-state index is 9.73. The van der Waals surface area contributed by atoms with Crippen LogP contribution < -0.4 is 4.74 Å². The lowest BCUT2D eigenvalue weighted by Gasteiger charge is -2.33. The Labute approximate surface area is 83.5 Å². The van der Waals surface area contributed by atoms with Gasteiger partial charge in [-0.05, 0) is 36.8 Å². The van der Waals surface area contributed by atoms with E-state index in [1.165, 1.54) is 11.1 Å². The first kappa shape index (κ1) is 8.30. The van der Waals surface area contributed by atoms with Crippen molar-refractivity contribution in [1.82, 2.24) is 0 Å². The molecule has 0 spiro atoms. The van der Waals surface area contributed by atoms with Crippen molar-refractivity contribution in [2.45, 2.75) is 31.3 Å². The highest BCUT2D eigenvalue weighted by Gasteiger charge is 2.30. The summed E-state index contributed by atoms with van der Waals surface area (Å²) in [6, 6.07) is 6.18. The van der Waals surface area contributed by atoms with Crippen LogP contribution in [-0.4, -0.2) is 17.8 Å². The number of rotatable bonds is 0. The van der Waals surface area contributed by atoms with Crippen LogP contribution in [0.15, 0.2) is 18.2 Å². The predicted octanol–water partition coefficient (Wildman–Crippen LogP) is 1.86. The second-order valence-electron chi connectivity index (χ2n) is 4.26. The molecule has 2 aliphatic rings. The van der Waals surface area contributed by atoms with Gasteiger partial charge in [0.05, 0.1) is 12.7 Å². The zero-order valence-corrected chi connectivity index (χ0v) is 8.07. The number of hydrogen-bond donors (Lipinski definition) is 1. The van der Waals surface area contributed by atoms with Crippen molar-refractivity contribution in [1.29, 1.82) is 0 Å². The van der Waals surface area contributed by atoms with Gasteiger partial charge in [-0.15, -0.1) is 0 Å². The highest BCUT2D eigenvalue weighted by Crippen LogP contribution is 2.42. The third-order valence-electron chi connectivity index (χ3n) is 3.30. The molecule has 0 radical (unpaired) electrons. The highest BCUT2D eigenvalue weighted by atomic mass is 16.5. The monoisotopic (exact) mass is 190 g/mol. The Morgan fingerprint density at radius 2 is 2.29 bits per heavy atom. The Hall–Kier alpha value is -1.02. The minimum absolute atomic E-state index is 0.152. The fourth-order valence-corrected chi connectivity index (χ4v) is 2.71. The molecule has 1 heterocycles. The van der Waals surface area contributed by atoms with Crippen LogP contribution in [0.1, 0.15) is 29.9 Å². The van der Waals surface area contributed by atoms with E-state index in [4.69, 9.17) is 4.74 Å². The lowest BCUT2D eigenvalue weighted by atomic mass is 9.78. The Morgan fingerprint density at radius 1 is 1.36 bits per heavy atom. The Kier molecular flexibility index (Phi) is 1.77. The minimum atomic E-state index is -0.152. The van der Waals surface area contributed by atoms with Gasteiger partial charge < -0.3 is 9.84 Å². The number of aliphatic hydroxyl groups excluding tert-OH is 1. The molecule has 14 heavy (non-hydrogen) atoms. The number of aliphatic hydroxyl groups is 1. The molecule has 0 bridgehead atoms. The molecule has 2 atom stereocenters. The van der Waals surface area contributed by atoms with Gasteiger partial charge in [0.1, 0.15) is 5.75 Å². The fourth-order valence-electron chi connectivity index (χ4n) is 2.71. The third kappa shape index (κ3) is 1.14. The molecule has 2 heteroatoms. The van der Waals surface area contributed by atoms with Gasteiger partial charge in [-0.3, -0.25) is 0 Å². The van der Waals surface area contributed by atoms with E-state index in [1.54, 1.807) is 0 Å². The predicted molar refractivity (Wildman–Crippen MR) is 53.6 cm³/mol. The number of ether oxygens (including phenoxy) is 1. The molecule has 0 aromatic heterocycles. The first-order chi connectivity index (χ1) is 6.84. The van der Waals surface area contributed by atoms with E-state index in [0.717, 1.165) is 31.6 Å². The lowest BCUT2D eigenvalue weighted by molar-refractivity contribution is 0.132. The summed E-state index contributed by atoms with van der Waals surface area (Å²) in [4.78, 5) is 0. The zero-order valence-electron chi connectivity index (χ0n) is 8.07. The standard InChI is InChI=1S/C12H14O2/c13-10-6-8-2-1-3-11-12(8)9(7-10)4-5-14-11/h1-3,9-10,13H,4-7H2. The van der Waals surface area contributed by atoms with Crippen LogP contribution in [0, 0.1) is 0 Å². The average molecular weight is 190 g/mol. The summed E-state index contributed by atoms with van der Waals surface area (Å²) < 4.78 is 5.62. The van der Waals surface area contributed by atoms with Crippen LogP contribution in [-0.2, 0) is 6.42 Å². The molecule has 2 unspecified atom stereocenters. The average Bonchev–Trinajstić information content (AvgIpc) is 2.18. The van der Waals surface area contributed by atoms with E-state index in [9.17, 15) is 5.11 Å². The summed E-state index contributed by atoms with van der Waals surface area (Å²) in [5.74, 6) is 1.57. The molecule has 3 rings (SSSR count). The molecule has 1 N–H and O–H groups in total. The SMILES string of the molecule is OC1Cc2cccc3c2C(CCO3)C1. The van der Waals surface area contributed by atoms with Crippen molar-refractivity contribution in [3.05, 3.63) is 29.3 Å². The zero-order chi connectivity index (χ0) is 9.54. The second kappa shape index (κ2) is 2.99. The summed E-state index contributed by atoms with van der Waals surface area (Å²) >= 11 is 0. The van der Waals surface area contributed by atoms with Gasteiger partial charge in [-0.25, -0.2) is 0 Å². The van der Waals surface area contributed by atoms with E-state index < -0.39 is 0 Å². The van der Waals surface area contributed by atoms with Crippen molar-refractivity contribution in [3.8, 4) is 5.75 Å². The van der Waals surface area contributed by atoms with Crippen LogP contribution in [0.4, 0.5) is 0 Å². The van der Waals surface area contributed by atoms with Crippen LogP contribution in [0.2, 0.25) is 0 Å². The Morgan fingerprint density at radius 3 is 3.21 bits per heavy atom. The van der Waals surface area contributed by atoms with Crippen LogP contribution >= 0.6 is 0 Å². The van der Waals surface area contributed by atoms with Crippen molar-refractivity contribution in [2.75, 3.05) is 6.61 Å². The van der Waals surface area contributed by atoms with Gasteiger partial charge in [-0.1, -0.05) is 12.1 Å². The molecule has 74 valence electrons. The van der Waals surface area contributed by atoms with Crippen LogP contribution in [0.3, 0.4) is 0 Å². The number of benzene rings is 1. The first-order valence-electron chi connectivity index (χ1n) is 5.27. The van der Waals surface area contributed by atoms with Gasteiger partial charge in [-0.2, -0.15) is 0 Å². The Balaban J connectivity index is 2.14. The summed E-state index contributed by atoms with van der Waals surface area (Å²) in [6.07, 6.45) is 2.61. The van der Waals surface area contributed by atoms with Crippen molar-refractivity contribution >= 4 is 0 Å². The highest BCUT2D eigenvalue weighted by molar-refractivity contribution is 5.46. The topological polar surface area (TPSA) is 29.5 Å². The van der Waals surface area contributed by atoms with E-state index in [-0.39, 0.29) is 6.10 Å². The Bertz CT molecular complexity index is 359. The quantitative estimate of drug-likeness (QED) is 0.676. The smallest absolute Gasteiger partial charge is 0.123 e. The van der Waals surface area contributed by atoms with Gasteiger partial charge in [0, 0.05) is 5.56 Å². The molecule has 0 amide bonds. The maximum Gasteiger partial charge on any atom is 0.123 e. The van der Waals surface area contributed by atoms with Gasteiger partial charge in [0.25, 0.3) is 0 Å². The van der Waals surface area contributed by atoms with Crippen LogP contribution in [0.5, 0.6) is 5.75 Å². The molecule has 2 nitrogen and oxygen atoms in total. The summed E-state index contributed by atoms with van der Waals surface area (Å²) in [5.41, 5.74) is 2.65. The lowest BCUT2D eigenvalue weighted by Crippen LogP contribution is -2.27. The molecule has 1 aromatic rings. The summed E-state index contributed by atoms with van der Waals surface area (Å²) in [7, 11) is 0. The summed E-state index contributed by atoms with van der Waals surface area (Å²) in [5, 5.41) is 9.73. The molecular formula is C12H14O2. The van der Waals surface area contributed by atoms with Gasteiger partial charge in [0.15, 0.2) is 0 Å². The van der Waals surface area contributed by atoms with E-state index in [2.05, 4.69) is 6.07 Å². The molecule has 1 aliphatic heterocycles. The molecule has 1 aliphatic carbocycles. The second-order valence-corrected chi connectivity index (χ2v) is 4.26. The molecule has 0 fully saturated rings.